The standard InChI is InChI=1S/C21H22N4O2/c1-15-4-2-5-16-12-18(20(26)23-19(15)16)14-24-8-10-25(11-9-24)21(27)17-6-3-7-22-13-17/h2-7,12-13H,8-11,14H2,1H3,(H,23,26). The van der Waals surface area contributed by atoms with E-state index in [9.17, 15) is 9.59 Å². The van der Waals surface area contributed by atoms with Gasteiger partial charge in [-0.2, -0.15) is 0 Å². The van der Waals surface area contributed by atoms with Crippen LogP contribution in [-0.2, 0) is 6.54 Å². The van der Waals surface area contributed by atoms with Gasteiger partial charge in [0.1, 0.15) is 0 Å². The number of H-pyrrole nitrogens is 1. The van der Waals surface area contributed by atoms with E-state index in [-0.39, 0.29) is 11.5 Å². The van der Waals surface area contributed by atoms with Crippen LogP contribution in [0.2, 0.25) is 0 Å². The number of rotatable bonds is 3. The summed E-state index contributed by atoms with van der Waals surface area (Å²) >= 11 is 0. The molecule has 0 saturated carbocycles. The van der Waals surface area contributed by atoms with E-state index < -0.39 is 0 Å². The van der Waals surface area contributed by atoms with Crippen LogP contribution in [0.3, 0.4) is 0 Å². The highest BCUT2D eigenvalue weighted by atomic mass is 16.2. The highest BCUT2D eigenvalue weighted by molar-refractivity contribution is 5.93. The molecule has 4 rings (SSSR count). The first-order chi connectivity index (χ1) is 13.1. The van der Waals surface area contributed by atoms with E-state index in [0.29, 0.717) is 25.2 Å². The first kappa shape index (κ1) is 17.4. The molecule has 3 aromatic rings. The van der Waals surface area contributed by atoms with Crippen molar-refractivity contribution in [1.82, 2.24) is 19.8 Å². The summed E-state index contributed by atoms with van der Waals surface area (Å²) in [5, 5.41) is 1.05. The Morgan fingerprint density at radius 3 is 2.70 bits per heavy atom. The second kappa shape index (κ2) is 7.32. The minimum Gasteiger partial charge on any atom is -0.336 e. The quantitative estimate of drug-likeness (QED) is 0.775. The van der Waals surface area contributed by atoms with Crippen molar-refractivity contribution in [3.05, 3.63) is 75.8 Å². The van der Waals surface area contributed by atoms with Crippen molar-refractivity contribution >= 4 is 16.8 Å². The maximum absolute atomic E-state index is 12.5. The van der Waals surface area contributed by atoms with Crippen LogP contribution in [-0.4, -0.2) is 51.9 Å². The lowest BCUT2D eigenvalue weighted by atomic mass is 10.1. The Labute approximate surface area is 157 Å². The van der Waals surface area contributed by atoms with Crippen LogP contribution in [0.1, 0.15) is 21.5 Å². The number of pyridine rings is 2. The van der Waals surface area contributed by atoms with Crippen molar-refractivity contribution in [2.24, 2.45) is 0 Å². The van der Waals surface area contributed by atoms with Crippen LogP contribution in [0.5, 0.6) is 0 Å². The SMILES string of the molecule is Cc1cccc2cc(CN3CCN(C(=O)c4cccnc4)CC3)c(=O)[nH]c12. The van der Waals surface area contributed by atoms with E-state index in [1.54, 1.807) is 24.5 Å². The molecule has 1 saturated heterocycles. The zero-order valence-electron chi connectivity index (χ0n) is 15.3. The van der Waals surface area contributed by atoms with Crippen molar-refractivity contribution in [3.63, 3.8) is 0 Å². The van der Waals surface area contributed by atoms with Gasteiger partial charge in [0, 0.05) is 50.7 Å². The lowest BCUT2D eigenvalue weighted by molar-refractivity contribution is 0.0627. The minimum absolute atomic E-state index is 0.0155. The first-order valence-electron chi connectivity index (χ1n) is 9.15. The molecule has 1 N–H and O–H groups in total. The molecule has 0 bridgehead atoms. The summed E-state index contributed by atoms with van der Waals surface area (Å²) in [7, 11) is 0. The predicted molar refractivity (Wildman–Crippen MR) is 105 cm³/mol. The third-order valence-electron chi connectivity index (χ3n) is 5.13. The Morgan fingerprint density at radius 1 is 1.15 bits per heavy atom. The van der Waals surface area contributed by atoms with Crippen LogP contribution in [0.15, 0.2) is 53.6 Å². The topological polar surface area (TPSA) is 69.3 Å². The molecule has 0 aliphatic carbocycles. The molecule has 27 heavy (non-hydrogen) atoms. The van der Waals surface area contributed by atoms with Crippen molar-refractivity contribution in [3.8, 4) is 0 Å². The Kier molecular flexibility index (Phi) is 4.73. The molecule has 1 aliphatic heterocycles. The number of aromatic nitrogens is 2. The van der Waals surface area contributed by atoms with E-state index in [0.717, 1.165) is 35.1 Å². The molecule has 1 aliphatic rings. The number of hydrogen-bond acceptors (Lipinski definition) is 4. The summed E-state index contributed by atoms with van der Waals surface area (Å²) in [5.41, 5.74) is 3.31. The first-order valence-corrected chi connectivity index (χ1v) is 9.15. The second-order valence-corrected chi connectivity index (χ2v) is 6.97. The van der Waals surface area contributed by atoms with Crippen LogP contribution < -0.4 is 5.56 Å². The van der Waals surface area contributed by atoms with Gasteiger partial charge in [-0.15, -0.1) is 0 Å². The number of nitrogens with zero attached hydrogens (tertiary/aromatic N) is 3. The minimum atomic E-state index is -0.0364. The molecule has 0 spiro atoms. The summed E-state index contributed by atoms with van der Waals surface area (Å²) in [6, 6.07) is 11.6. The van der Waals surface area contributed by atoms with E-state index in [1.165, 1.54) is 0 Å². The Bertz CT molecular complexity index is 1020. The summed E-state index contributed by atoms with van der Waals surface area (Å²) in [4.78, 5) is 36.1. The van der Waals surface area contributed by atoms with Gasteiger partial charge >= 0.3 is 0 Å². The van der Waals surface area contributed by atoms with E-state index in [1.807, 2.05) is 36.1 Å². The number of piperazine rings is 1. The molecule has 6 heteroatoms. The molecule has 1 aromatic carbocycles. The van der Waals surface area contributed by atoms with Gasteiger partial charge in [0.25, 0.3) is 11.5 Å². The van der Waals surface area contributed by atoms with Crippen molar-refractivity contribution < 1.29 is 4.79 Å². The van der Waals surface area contributed by atoms with Gasteiger partial charge in [0.2, 0.25) is 0 Å². The van der Waals surface area contributed by atoms with Crippen LogP contribution in [0.4, 0.5) is 0 Å². The Hall–Kier alpha value is -2.99. The number of carbonyl (C=O) groups excluding carboxylic acids is 1. The highest BCUT2D eigenvalue weighted by Gasteiger charge is 2.22. The summed E-state index contributed by atoms with van der Waals surface area (Å²) < 4.78 is 0. The van der Waals surface area contributed by atoms with E-state index >= 15 is 0 Å². The molecule has 6 nitrogen and oxygen atoms in total. The lowest BCUT2D eigenvalue weighted by Crippen LogP contribution is -2.48. The average molecular weight is 362 g/mol. The normalized spacial score (nSPS) is 15.2. The molecular formula is C21H22N4O2. The fourth-order valence-electron chi connectivity index (χ4n) is 3.57. The monoisotopic (exact) mass is 362 g/mol. The molecule has 0 radical (unpaired) electrons. The van der Waals surface area contributed by atoms with E-state index in [2.05, 4.69) is 14.9 Å². The number of carbonyl (C=O) groups is 1. The number of fused-ring (bicyclic) bond motifs is 1. The van der Waals surface area contributed by atoms with Gasteiger partial charge < -0.3 is 9.88 Å². The fourth-order valence-corrected chi connectivity index (χ4v) is 3.57. The molecule has 3 heterocycles. The number of aromatic amines is 1. The van der Waals surface area contributed by atoms with Crippen molar-refractivity contribution in [2.45, 2.75) is 13.5 Å². The van der Waals surface area contributed by atoms with Gasteiger partial charge in [-0.25, -0.2) is 0 Å². The molecule has 1 fully saturated rings. The second-order valence-electron chi connectivity index (χ2n) is 6.97. The third-order valence-corrected chi connectivity index (χ3v) is 5.13. The van der Waals surface area contributed by atoms with Crippen LogP contribution >= 0.6 is 0 Å². The van der Waals surface area contributed by atoms with Gasteiger partial charge in [-0.3, -0.25) is 19.5 Å². The van der Waals surface area contributed by atoms with Gasteiger partial charge in [0.05, 0.1) is 11.1 Å². The highest BCUT2D eigenvalue weighted by Crippen LogP contribution is 2.16. The average Bonchev–Trinajstić information content (AvgIpc) is 2.70. The summed E-state index contributed by atoms with van der Waals surface area (Å²) in [5.74, 6) is 0.0155. The molecule has 0 atom stereocenters. The molecule has 2 aromatic heterocycles. The Morgan fingerprint density at radius 2 is 1.96 bits per heavy atom. The number of amides is 1. The number of para-hydroxylation sites is 1. The Balaban J connectivity index is 1.44. The smallest absolute Gasteiger partial charge is 0.255 e. The summed E-state index contributed by atoms with van der Waals surface area (Å²) in [6.45, 7) is 5.38. The van der Waals surface area contributed by atoms with Gasteiger partial charge in [-0.1, -0.05) is 18.2 Å². The molecule has 138 valence electrons. The number of aryl methyl sites for hydroxylation is 1. The molecular weight excluding hydrogens is 340 g/mol. The van der Waals surface area contributed by atoms with E-state index in [4.69, 9.17) is 0 Å². The maximum atomic E-state index is 12.5. The van der Waals surface area contributed by atoms with Gasteiger partial charge in [0.15, 0.2) is 0 Å². The predicted octanol–water partition coefficient (Wildman–Crippen LogP) is 2.19. The summed E-state index contributed by atoms with van der Waals surface area (Å²) in [6.07, 6.45) is 3.27. The zero-order chi connectivity index (χ0) is 18.8. The lowest BCUT2D eigenvalue weighted by Gasteiger charge is -2.34. The maximum Gasteiger partial charge on any atom is 0.255 e. The van der Waals surface area contributed by atoms with Crippen molar-refractivity contribution in [2.75, 3.05) is 26.2 Å². The van der Waals surface area contributed by atoms with Gasteiger partial charge in [-0.05, 0) is 36.1 Å². The number of hydrogen-bond donors (Lipinski definition) is 1. The van der Waals surface area contributed by atoms with Crippen LogP contribution in [0, 0.1) is 6.92 Å². The number of benzene rings is 1. The zero-order valence-corrected chi connectivity index (χ0v) is 15.3. The van der Waals surface area contributed by atoms with Crippen LogP contribution in [0.25, 0.3) is 10.9 Å². The third kappa shape index (κ3) is 3.61. The fraction of sp³-hybridized carbons (Fsp3) is 0.286. The van der Waals surface area contributed by atoms with Crippen molar-refractivity contribution in [1.29, 1.82) is 0 Å². The molecule has 0 unspecified atom stereocenters. The number of nitrogens with one attached hydrogen (secondary N) is 1. The largest absolute Gasteiger partial charge is 0.336 e. The molecule has 1 amide bonds.